The number of benzene rings is 2. The molecule has 0 saturated heterocycles. The molecule has 0 bridgehead atoms. The van der Waals surface area contributed by atoms with Gasteiger partial charge in [0.2, 0.25) is 0 Å². The largest absolute Gasteiger partial charge is 0.378 e. The van der Waals surface area contributed by atoms with E-state index in [0.29, 0.717) is 21.9 Å². The van der Waals surface area contributed by atoms with Crippen LogP contribution in [0.5, 0.6) is 0 Å². The predicted octanol–water partition coefficient (Wildman–Crippen LogP) is 6.47. The highest BCUT2D eigenvalue weighted by Gasteiger charge is 2.39. The number of anilines is 1. The Morgan fingerprint density at radius 3 is 2.55 bits per heavy atom. The van der Waals surface area contributed by atoms with E-state index >= 15 is 0 Å². The first-order valence-corrected chi connectivity index (χ1v) is 8.45. The molecular weight excluding hydrogens is 337 g/mol. The summed E-state index contributed by atoms with van der Waals surface area (Å²) >= 11 is 19.1. The van der Waals surface area contributed by atoms with Crippen LogP contribution in [0.1, 0.15) is 29.5 Å². The average molecular weight is 351 g/mol. The van der Waals surface area contributed by atoms with Crippen molar-refractivity contribution in [3.63, 3.8) is 0 Å². The lowest BCUT2D eigenvalue weighted by molar-refractivity contribution is 0.426. The van der Waals surface area contributed by atoms with Crippen LogP contribution in [0, 0.1) is 5.92 Å². The summed E-state index contributed by atoms with van der Waals surface area (Å²) in [7, 11) is 0. The van der Waals surface area contributed by atoms with Gasteiger partial charge in [-0.15, -0.1) is 0 Å². The minimum Gasteiger partial charge on any atom is -0.378 e. The van der Waals surface area contributed by atoms with Crippen molar-refractivity contribution in [1.29, 1.82) is 0 Å². The van der Waals surface area contributed by atoms with Gasteiger partial charge in [0.25, 0.3) is 0 Å². The summed E-state index contributed by atoms with van der Waals surface area (Å²) in [6.45, 7) is 0. The van der Waals surface area contributed by atoms with Crippen molar-refractivity contribution in [3.8, 4) is 0 Å². The Morgan fingerprint density at radius 1 is 1.00 bits per heavy atom. The summed E-state index contributed by atoms with van der Waals surface area (Å²) in [5.41, 5.74) is 3.36. The third-order valence-electron chi connectivity index (χ3n) is 4.64. The summed E-state index contributed by atoms with van der Waals surface area (Å²) in [4.78, 5) is 0. The van der Waals surface area contributed by atoms with Gasteiger partial charge in [-0.1, -0.05) is 53.0 Å². The van der Waals surface area contributed by atoms with Crippen LogP contribution in [-0.2, 0) is 0 Å². The fourth-order valence-electron chi connectivity index (χ4n) is 3.66. The maximum absolute atomic E-state index is 6.44. The number of hydrogen-bond acceptors (Lipinski definition) is 1. The Balaban J connectivity index is 1.85. The monoisotopic (exact) mass is 349 g/mol. The Bertz CT molecular complexity index is 749. The molecule has 1 heterocycles. The third-order valence-corrected chi connectivity index (χ3v) is 5.53. The molecule has 0 aromatic heterocycles. The molecule has 2 aromatic carbocycles. The van der Waals surface area contributed by atoms with E-state index < -0.39 is 0 Å². The number of nitrogens with one attached hydrogen (secondary N) is 1. The van der Waals surface area contributed by atoms with E-state index in [-0.39, 0.29) is 6.04 Å². The van der Waals surface area contributed by atoms with Crippen molar-refractivity contribution in [2.45, 2.75) is 18.4 Å². The normalized spacial score (nSPS) is 25.5. The van der Waals surface area contributed by atoms with Crippen LogP contribution in [-0.4, -0.2) is 0 Å². The molecule has 2 aromatic rings. The van der Waals surface area contributed by atoms with Gasteiger partial charge >= 0.3 is 0 Å². The molecular formula is C18H14Cl3N. The highest BCUT2D eigenvalue weighted by atomic mass is 35.5. The highest BCUT2D eigenvalue weighted by molar-refractivity contribution is 6.36. The number of fused-ring (bicyclic) bond motifs is 3. The maximum Gasteiger partial charge on any atom is 0.0583 e. The van der Waals surface area contributed by atoms with Crippen LogP contribution in [0.2, 0.25) is 15.1 Å². The fraction of sp³-hybridized carbons (Fsp3) is 0.222. The predicted molar refractivity (Wildman–Crippen MR) is 94.3 cm³/mol. The second kappa shape index (κ2) is 5.49. The Kier molecular flexibility index (Phi) is 3.60. The summed E-state index contributed by atoms with van der Waals surface area (Å²) in [6, 6.07) is 11.8. The number of allylic oxidation sites excluding steroid dienone is 2. The molecule has 0 spiro atoms. The zero-order valence-corrected chi connectivity index (χ0v) is 14.0. The first kappa shape index (κ1) is 14.4. The lowest BCUT2D eigenvalue weighted by atomic mass is 9.77. The quantitative estimate of drug-likeness (QED) is 0.581. The van der Waals surface area contributed by atoms with Crippen LogP contribution in [0.3, 0.4) is 0 Å². The molecule has 22 heavy (non-hydrogen) atoms. The summed E-state index contributed by atoms with van der Waals surface area (Å²) in [6.07, 6.45) is 5.53. The van der Waals surface area contributed by atoms with Gasteiger partial charge in [-0.3, -0.25) is 0 Å². The van der Waals surface area contributed by atoms with Gasteiger partial charge in [0.05, 0.1) is 6.04 Å². The summed E-state index contributed by atoms with van der Waals surface area (Å²) < 4.78 is 0. The van der Waals surface area contributed by atoms with Gasteiger partial charge in [-0.05, 0) is 48.2 Å². The Labute approximate surface area is 144 Å². The van der Waals surface area contributed by atoms with E-state index in [1.807, 2.05) is 30.3 Å². The molecule has 112 valence electrons. The molecule has 3 unspecified atom stereocenters. The Hall–Kier alpha value is -1.15. The van der Waals surface area contributed by atoms with E-state index in [2.05, 4.69) is 23.5 Å². The third kappa shape index (κ3) is 2.23. The highest BCUT2D eigenvalue weighted by Crippen LogP contribution is 2.52. The first-order valence-electron chi connectivity index (χ1n) is 7.31. The van der Waals surface area contributed by atoms with E-state index in [4.69, 9.17) is 34.8 Å². The molecule has 0 saturated carbocycles. The maximum atomic E-state index is 6.44. The van der Waals surface area contributed by atoms with E-state index in [1.165, 1.54) is 5.56 Å². The molecule has 1 aliphatic carbocycles. The smallest absolute Gasteiger partial charge is 0.0583 e. The molecule has 0 radical (unpaired) electrons. The van der Waals surface area contributed by atoms with Crippen LogP contribution in [0.4, 0.5) is 5.69 Å². The van der Waals surface area contributed by atoms with Crippen LogP contribution < -0.4 is 5.32 Å². The van der Waals surface area contributed by atoms with E-state index in [0.717, 1.165) is 22.7 Å². The first-order chi connectivity index (χ1) is 10.6. The van der Waals surface area contributed by atoms with Gasteiger partial charge in [-0.2, -0.15) is 0 Å². The van der Waals surface area contributed by atoms with Gasteiger partial charge in [0.15, 0.2) is 0 Å². The van der Waals surface area contributed by atoms with Crippen LogP contribution in [0.25, 0.3) is 0 Å². The van der Waals surface area contributed by atoms with Gasteiger partial charge < -0.3 is 5.32 Å². The lowest BCUT2D eigenvalue weighted by Gasteiger charge is -2.38. The molecule has 1 N–H and O–H groups in total. The number of rotatable bonds is 1. The van der Waals surface area contributed by atoms with Crippen molar-refractivity contribution in [3.05, 3.63) is 74.7 Å². The number of halogens is 3. The molecule has 3 atom stereocenters. The molecule has 1 nitrogen and oxygen atoms in total. The van der Waals surface area contributed by atoms with Crippen molar-refractivity contribution in [2.75, 3.05) is 5.32 Å². The summed E-state index contributed by atoms with van der Waals surface area (Å²) in [5, 5.41) is 5.83. The summed E-state index contributed by atoms with van der Waals surface area (Å²) in [5.74, 6) is 0.760. The van der Waals surface area contributed by atoms with Crippen LogP contribution >= 0.6 is 34.8 Å². The minimum atomic E-state index is 0.106. The molecule has 4 heteroatoms. The fourth-order valence-corrected chi connectivity index (χ4v) is 4.47. The average Bonchev–Trinajstić information content (AvgIpc) is 2.97. The van der Waals surface area contributed by atoms with Crippen LogP contribution in [0.15, 0.2) is 48.6 Å². The van der Waals surface area contributed by atoms with Crippen molar-refractivity contribution < 1.29 is 0 Å². The van der Waals surface area contributed by atoms with E-state index in [1.54, 1.807) is 0 Å². The standard InChI is InChI=1S/C18H14Cl3N/c19-10-7-8-16-13(9-10)11-3-1-4-12(11)18(22-16)17-14(20)5-2-6-15(17)21/h1-3,5-9,11-12,18,22H,4H2. The SMILES string of the molecule is Clc1ccc2c(c1)C1C=CCC1C(c1c(Cl)cccc1Cl)N2. The second-order valence-corrected chi connectivity index (χ2v) is 7.09. The van der Waals surface area contributed by atoms with E-state index in [9.17, 15) is 0 Å². The molecule has 2 aliphatic rings. The Morgan fingerprint density at radius 2 is 1.77 bits per heavy atom. The zero-order valence-electron chi connectivity index (χ0n) is 11.7. The second-order valence-electron chi connectivity index (χ2n) is 5.84. The topological polar surface area (TPSA) is 12.0 Å². The van der Waals surface area contributed by atoms with Crippen molar-refractivity contribution in [1.82, 2.24) is 0 Å². The minimum absolute atomic E-state index is 0.106. The van der Waals surface area contributed by atoms with Gasteiger partial charge in [-0.25, -0.2) is 0 Å². The number of hydrogen-bond donors (Lipinski definition) is 1. The van der Waals surface area contributed by atoms with Gasteiger partial charge in [0, 0.05) is 32.2 Å². The lowest BCUT2D eigenvalue weighted by Crippen LogP contribution is -2.29. The van der Waals surface area contributed by atoms with Gasteiger partial charge in [0.1, 0.15) is 0 Å². The molecule has 0 fully saturated rings. The molecule has 1 aliphatic heterocycles. The van der Waals surface area contributed by atoms with Crippen molar-refractivity contribution in [2.24, 2.45) is 5.92 Å². The molecule has 0 amide bonds. The molecule has 4 rings (SSSR count). The van der Waals surface area contributed by atoms with Crippen molar-refractivity contribution >= 4 is 40.5 Å². The zero-order chi connectivity index (χ0) is 15.3.